The zero-order valence-electron chi connectivity index (χ0n) is 14.0. The molecule has 1 aliphatic heterocycles. The van der Waals surface area contributed by atoms with Gasteiger partial charge in [0.2, 0.25) is 5.95 Å². The van der Waals surface area contributed by atoms with E-state index in [2.05, 4.69) is 20.2 Å². The molecule has 1 atom stereocenters. The van der Waals surface area contributed by atoms with Crippen molar-refractivity contribution >= 4 is 28.6 Å². The maximum Gasteiger partial charge on any atom is 0.335 e. The van der Waals surface area contributed by atoms with Crippen LogP contribution in [0.1, 0.15) is 29.6 Å². The molecule has 0 spiro atoms. The van der Waals surface area contributed by atoms with Crippen LogP contribution in [-0.2, 0) is 0 Å². The summed E-state index contributed by atoms with van der Waals surface area (Å²) in [6.07, 6.45) is 3.31. The summed E-state index contributed by atoms with van der Waals surface area (Å²) in [5.74, 6) is -0.323. The predicted octanol–water partition coefficient (Wildman–Crippen LogP) is 1.17. The number of aromatic carboxylic acids is 1. The normalized spacial score (nSPS) is 18.4. The van der Waals surface area contributed by atoms with Crippen LogP contribution in [0.5, 0.6) is 0 Å². The average Bonchev–Trinajstić information content (AvgIpc) is 2.61. The van der Waals surface area contributed by atoms with Crippen molar-refractivity contribution in [2.24, 2.45) is 0 Å². The van der Waals surface area contributed by atoms with Gasteiger partial charge in [-0.3, -0.25) is 4.90 Å². The van der Waals surface area contributed by atoms with Crippen molar-refractivity contribution in [3.63, 3.8) is 0 Å². The van der Waals surface area contributed by atoms with Crippen molar-refractivity contribution in [1.29, 1.82) is 0 Å². The highest BCUT2D eigenvalue weighted by Crippen LogP contribution is 2.23. The number of likely N-dealkylation sites (tertiary alicyclic amines) is 1. The minimum absolute atomic E-state index is 0.143. The van der Waals surface area contributed by atoms with Crippen molar-refractivity contribution in [3.8, 4) is 0 Å². The topological polar surface area (TPSA) is 125 Å². The molecule has 1 fully saturated rings. The molecule has 8 heteroatoms. The van der Waals surface area contributed by atoms with E-state index in [1.54, 1.807) is 12.1 Å². The number of nitrogens with two attached hydrogens (primary N) is 1. The van der Waals surface area contributed by atoms with Gasteiger partial charge in [0.15, 0.2) is 0 Å². The molecule has 1 aromatic heterocycles. The molecule has 25 heavy (non-hydrogen) atoms. The van der Waals surface area contributed by atoms with Gasteiger partial charge in [0, 0.05) is 24.5 Å². The van der Waals surface area contributed by atoms with Gasteiger partial charge in [-0.05, 0) is 37.6 Å². The zero-order valence-corrected chi connectivity index (χ0v) is 14.0. The lowest BCUT2D eigenvalue weighted by atomic mass is 10.0. The van der Waals surface area contributed by atoms with Crippen molar-refractivity contribution in [2.75, 3.05) is 37.3 Å². The molecule has 1 saturated heterocycles. The maximum absolute atomic E-state index is 11.2. The molecule has 1 unspecified atom stereocenters. The number of aliphatic hydroxyl groups excluding tert-OH is 1. The molecule has 3 rings (SSSR count). The van der Waals surface area contributed by atoms with E-state index in [4.69, 9.17) is 5.73 Å². The number of carbonyl (C=O) groups is 1. The highest BCUT2D eigenvalue weighted by atomic mass is 16.4. The number of fused-ring (bicyclic) bond motifs is 1. The lowest BCUT2D eigenvalue weighted by Crippen LogP contribution is -2.44. The van der Waals surface area contributed by atoms with E-state index in [-0.39, 0.29) is 24.2 Å². The predicted molar refractivity (Wildman–Crippen MR) is 95.7 cm³/mol. The van der Waals surface area contributed by atoms with Gasteiger partial charge >= 0.3 is 5.97 Å². The Morgan fingerprint density at radius 3 is 2.96 bits per heavy atom. The lowest BCUT2D eigenvalue weighted by molar-refractivity contribution is 0.0697. The standard InChI is InChI=1S/C17H23N5O3/c18-17-20-14-5-4-11(16(24)25)9-13(14)15(21-17)19-6-8-22-7-2-1-3-12(22)10-23/h4-5,9,12,23H,1-3,6-8,10H2,(H,24,25)(H3,18,19,20,21). The van der Waals surface area contributed by atoms with Gasteiger partial charge in [-0.25, -0.2) is 9.78 Å². The smallest absolute Gasteiger partial charge is 0.335 e. The molecule has 134 valence electrons. The van der Waals surface area contributed by atoms with Crippen LogP contribution in [0.2, 0.25) is 0 Å². The van der Waals surface area contributed by atoms with Gasteiger partial charge < -0.3 is 21.3 Å². The summed E-state index contributed by atoms with van der Waals surface area (Å²) < 4.78 is 0. The fourth-order valence-corrected chi connectivity index (χ4v) is 3.29. The molecular weight excluding hydrogens is 322 g/mol. The Hall–Kier alpha value is -2.45. The molecule has 0 aliphatic carbocycles. The summed E-state index contributed by atoms with van der Waals surface area (Å²) in [6.45, 7) is 2.54. The van der Waals surface area contributed by atoms with Gasteiger partial charge in [0.05, 0.1) is 17.7 Å². The van der Waals surface area contributed by atoms with Crippen LogP contribution in [0.3, 0.4) is 0 Å². The molecule has 1 aliphatic rings. The van der Waals surface area contributed by atoms with Crippen LogP contribution in [0.4, 0.5) is 11.8 Å². The van der Waals surface area contributed by atoms with E-state index in [1.165, 1.54) is 6.07 Å². The van der Waals surface area contributed by atoms with Gasteiger partial charge in [-0.1, -0.05) is 6.42 Å². The third-order valence-corrected chi connectivity index (χ3v) is 4.61. The van der Waals surface area contributed by atoms with Crippen molar-refractivity contribution in [1.82, 2.24) is 14.9 Å². The number of piperidine rings is 1. The summed E-state index contributed by atoms with van der Waals surface area (Å²) in [5, 5.41) is 22.5. The van der Waals surface area contributed by atoms with Crippen LogP contribution >= 0.6 is 0 Å². The second-order valence-corrected chi connectivity index (χ2v) is 6.26. The van der Waals surface area contributed by atoms with E-state index in [1.807, 2.05) is 0 Å². The number of rotatable bonds is 6. The first-order valence-electron chi connectivity index (χ1n) is 8.48. The Morgan fingerprint density at radius 1 is 1.36 bits per heavy atom. The highest BCUT2D eigenvalue weighted by Gasteiger charge is 2.21. The monoisotopic (exact) mass is 345 g/mol. The third-order valence-electron chi connectivity index (χ3n) is 4.61. The van der Waals surface area contributed by atoms with Crippen LogP contribution in [0.25, 0.3) is 10.9 Å². The summed E-state index contributed by atoms with van der Waals surface area (Å²) in [7, 11) is 0. The van der Waals surface area contributed by atoms with Gasteiger partial charge in [-0.2, -0.15) is 4.98 Å². The van der Waals surface area contributed by atoms with Crippen LogP contribution in [-0.4, -0.2) is 63.3 Å². The number of hydrogen-bond donors (Lipinski definition) is 4. The number of aliphatic hydroxyl groups is 1. The Balaban J connectivity index is 1.75. The SMILES string of the molecule is Nc1nc(NCCN2CCCCC2CO)c2cc(C(=O)O)ccc2n1. The fourth-order valence-electron chi connectivity index (χ4n) is 3.29. The van der Waals surface area contributed by atoms with Crippen molar-refractivity contribution < 1.29 is 15.0 Å². The zero-order chi connectivity index (χ0) is 17.8. The number of carboxylic acid groups (broad SMARTS) is 1. The van der Waals surface area contributed by atoms with Gasteiger partial charge in [0.25, 0.3) is 0 Å². The quantitative estimate of drug-likeness (QED) is 0.615. The average molecular weight is 345 g/mol. The number of aromatic nitrogens is 2. The second-order valence-electron chi connectivity index (χ2n) is 6.26. The second kappa shape index (κ2) is 7.62. The van der Waals surface area contributed by atoms with Crippen molar-refractivity contribution in [3.05, 3.63) is 23.8 Å². The number of nitrogens with zero attached hydrogens (tertiary/aromatic N) is 3. The number of nitrogens with one attached hydrogen (secondary N) is 1. The molecule has 0 saturated carbocycles. The minimum Gasteiger partial charge on any atom is -0.478 e. The van der Waals surface area contributed by atoms with E-state index >= 15 is 0 Å². The Kier molecular flexibility index (Phi) is 5.30. The molecule has 5 N–H and O–H groups in total. The Labute approximate surface area is 145 Å². The molecular formula is C17H23N5O3. The Bertz CT molecular complexity index is 767. The number of anilines is 2. The number of benzene rings is 1. The van der Waals surface area contributed by atoms with E-state index < -0.39 is 5.97 Å². The molecule has 2 heterocycles. The minimum atomic E-state index is -0.997. The largest absolute Gasteiger partial charge is 0.478 e. The molecule has 0 radical (unpaired) electrons. The number of nitrogen functional groups attached to an aromatic ring is 1. The number of carboxylic acids is 1. The first-order valence-corrected chi connectivity index (χ1v) is 8.48. The summed E-state index contributed by atoms with van der Waals surface area (Å²) in [4.78, 5) is 21.8. The summed E-state index contributed by atoms with van der Waals surface area (Å²) in [6, 6.07) is 4.90. The van der Waals surface area contributed by atoms with Gasteiger partial charge in [0.1, 0.15) is 5.82 Å². The maximum atomic E-state index is 11.2. The number of hydrogen-bond acceptors (Lipinski definition) is 7. The third kappa shape index (κ3) is 3.97. The fraction of sp³-hybridized carbons (Fsp3) is 0.471. The molecule has 0 bridgehead atoms. The molecule has 8 nitrogen and oxygen atoms in total. The van der Waals surface area contributed by atoms with Crippen molar-refractivity contribution in [2.45, 2.75) is 25.3 Å². The first-order chi connectivity index (χ1) is 12.1. The molecule has 2 aromatic rings. The highest BCUT2D eigenvalue weighted by molar-refractivity contribution is 5.97. The van der Waals surface area contributed by atoms with E-state index in [0.717, 1.165) is 32.4 Å². The van der Waals surface area contributed by atoms with Crippen LogP contribution < -0.4 is 11.1 Å². The van der Waals surface area contributed by atoms with E-state index in [0.29, 0.717) is 23.3 Å². The molecule has 1 aromatic carbocycles. The van der Waals surface area contributed by atoms with Gasteiger partial charge in [-0.15, -0.1) is 0 Å². The Morgan fingerprint density at radius 2 is 2.20 bits per heavy atom. The lowest BCUT2D eigenvalue weighted by Gasteiger charge is -2.34. The summed E-state index contributed by atoms with van der Waals surface area (Å²) >= 11 is 0. The molecule has 0 amide bonds. The van der Waals surface area contributed by atoms with Crippen LogP contribution in [0, 0.1) is 0 Å². The van der Waals surface area contributed by atoms with E-state index in [9.17, 15) is 15.0 Å². The summed E-state index contributed by atoms with van der Waals surface area (Å²) in [5.41, 5.74) is 6.54. The first kappa shape index (κ1) is 17.4. The van der Waals surface area contributed by atoms with Crippen LogP contribution in [0.15, 0.2) is 18.2 Å².